The number of hydrogen-bond acceptors (Lipinski definition) is 5. The molecule has 2 amide bonds. The van der Waals surface area contributed by atoms with Crippen LogP contribution in [0.4, 0.5) is 22.0 Å². The van der Waals surface area contributed by atoms with E-state index in [4.69, 9.17) is 5.73 Å². The zero-order chi connectivity index (χ0) is 19.0. The van der Waals surface area contributed by atoms with Crippen LogP contribution in [0, 0.1) is 5.92 Å². The Morgan fingerprint density at radius 2 is 1.96 bits per heavy atom. The van der Waals surface area contributed by atoms with Crippen LogP contribution in [0.25, 0.3) is 0 Å². The van der Waals surface area contributed by atoms with E-state index >= 15 is 0 Å². The van der Waals surface area contributed by atoms with E-state index < -0.39 is 55.1 Å². The van der Waals surface area contributed by atoms with E-state index in [1.807, 2.05) is 0 Å². The van der Waals surface area contributed by atoms with Gasteiger partial charge in [-0.05, 0) is 12.8 Å². The Morgan fingerprint density at radius 1 is 1.36 bits per heavy atom. The van der Waals surface area contributed by atoms with Crippen LogP contribution in [0.2, 0.25) is 0 Å². The van der Waals surface area contributed by atoms with Crippen molar-refractivity contribution in [3.63, 3.8) is 0 Å². The number of amides is 2. The van der Waals surface area contributed by atoms with E-state index in [-0.39, 0.29) is 12.3 Å². The normalized spacial score (nSPS) is 25.0. The molecule has 0 saturated carbocycles. The average molecular weight is 373 g/mol. The molecule has 0 aromatic heterocycles. The Morgan fingerprint density at radius 3 is 2.40 bits per heavy atom. The van der Waals surface area contributed by atoms with Crippen molar-refractivity contribution in [2.45, 2.75) is 37.1 Å². The number of hydrogen-bond donors (Lipinski definition) is 2. The van der Waals surface area contributed by atoms with Crippen LogP contribution in [-0.4, -0.2) is 66.6 Å². The van der Waals surface area contributed by atoms with Crippen LogP contribution in [-0.2, 0) is 19.1 Å². The number of ether oxygens (including phenoxy) is 1. The van der Waals surface area contributed by atoms with Gasteiger partial charge in [-0.1, -0.05) is 0 Å². The number of nitrogens with zero attached hydrogens (tertiary/aromatic N) is 1. The smallest absolute Gasteiger partial charge is 0.444 e. The van der Waals surface area contributed by atoms with Gasteiger partial charge in [0, 0.05) is 12.5 Å². The fraction of sp³-hybridized carbons (Fsp3) is 0.769. The molecule has 7 nitrogen and oxygen atoms in total. The number of nitrogens with one attached hydrogen (secondary N) is 1. The monoisotopic (exact) mass is 373 g/mol. The maximum absolute atomic E-state index is 12.9. The van der Waals surface area contributed by atoms with Crippen molar-refractivity contribution >= 4 is 17.8 Å². The maximum Gasteiger partial charge on any atom is 0.490 e. The van der Waals surface area contributed by atoms with Crippen LogP contribution in [0.3, 0.4) is 0 Å². The first-order valence-electron chi connectivity index (χ1n) is 7.38. The third-order valence-corrected chi connectivity index (χ3v) is 3.97. The molecule has 0 bridgehead atoms. The molecule has 2 aliphatic rings. The molecule has 0 aromatic rings. The van der Waals surface area contributed by atoms with Crippen molar-refractivity contribution in [3.8, 4) is 0 Å². The quantitative estimate of drug-likeness (QED) is 0.513. The largest absolute Gasteiger partial charge is 0.490 e. The lowest BCUT2D eigenvalue weighted by Gasteiger charge is -2.41. The molecule has 142 valence electrons. The Hall–Kier alpha value is -1.98. The van der Waals surface area contributed by atoms with Gasteiger partial charge in [0.1, 0.15) is 0 Å². The van der Waals surface area contributed by atoms with Crippen molar-refractivity contribution < 1.29 is 41.1 Å². The molecule has 0 aromatic carbocycles. The van der Waals surface area contributed by atoms with Gasteiger partial charge in [-0.15, -0.1) is 0 Å². The van der Waals surface area contributed by atoms with Crippen molar-refractivity contribution in [2.75, 3.05) is 19.6 Å². The number of carbonyl (C=O) groups excluding carboxylic acids is 3. The molecule has 1 unspecified atom stereocenters. The Kier molecular flexibility index (Phi) is 5.21. The van der Waals surface area contributed by atoms with E-state index in [0.29, 0.717) is 17.9 Å². The second-order valence-electron chi connectivity index (χ2n) is 6.05. The molecule has 2 aliphatic heterocycles. The summed E-state index contributed by atoms with van der Waals surface area (Å²) in [7, 11) is 0. The fourth-order valence-electron chi connectivity index (χ4n) is 2.67. The highest BCUT2D eigenvalue weighted by Crippen LogP contribution is 2.29. The van der Waals surface area contributed by atoms with E-state index in [0.717, 1.165) is 0 Å². The Balaban J connectivity index is 2.09. The maximum atomic E-state index is 12.9. The molecule has 25 heavy (non-hydrogen) atoms. The molecule has 2 heterocycles. The summed E-state index contributed by atoms with van der Waals surface area (Å²) >= 11 is 0. The highest BCUT2D eigenvalue weighted by molar-refractivity contribution is 5.87. The predicted octanol–water partition coefficient (Wildman–Crippen LogP) is -0.209. The topological polar surface area (TPSA) is 102 Å². The summed E-state index contributed by atoms with van der Waals surface area (Å²) in [5.41, 5.74) is 5.68. The second-order valence-corrected chi connectivity index (χ2v) is 6.05. The minimum Gasteiger partial charge on any atom is -0.444 e. The van der Waals surface area contributed by atoms with Crippen molar-refractivity contribution in [3.05, 3.63) is 0 Å². The first kappa shape index (κ1) is 19.3. The van der Waals surface area contributed by atoms with E-state index in [2.05, 4.69) is 10.1 Å². The standard InChI is InChI=1S/C13H16F5N3O4/c14-12(15)4-21(5-12)10(23)8(25-11(24)13(16,17)18)7(19)3-6-1-2-20-9(6)22/h6-8H,1-5,19H2,(H,20,22)/t6-,7-,8?/m0/s1. The van der Waals surface area contributed by atoms with E-state index in [9.17, 15) is 36.3 Å². The van der Waals surface area contributed by atoms with Gasteiger partial charge in [-0.3, -0.25) is 9.59 Å². The summed E-state index contributed by atoms with van der Waals surface area (Å²) in [6.07, 6.45) is -7.35. The molecular formula is C13H16F5N3O4. The number of halogens is 5. The lowest BCUT2D eigenvalue weighted by molar-refractivity contribution is -0.210. The molecule has 2 saturated heterocycles. The number of rotatable bonds is 5. The summed E-state index contributed by atoms with van der Waals surface area (Å²) < 4.78 is 67.1. The Labute approximate surface area is 138 Å². The van der Waals surface area contributed by atoms with Crippen LogP contribution in [0.15, 0.2) is 0 Å². The number of likely N-dealkylation sites (tertiary alicyclic amines) is 1. The van der Waals surface area contributed by atoms with Gasteiger partial charge < -0.3 is 20.7 Å². The molecule has 3 atom stereocenters. The highest BCUT2D eigenvalue weighted by atomic mass is 19.4. The SMILES string of the molecule is N[C@@H](C[C@@H]1CCNC1=O)C(OC(=O)C(F)(F)F)C(=O)N1CC(F)(F)C1. The van der Waals surface area contributed by atoms with Gasteiger partial charge in [0.2, 0.25) is 5.91 Å². The zero-order valence-corrected chi connectivity index (χ0v) is 12.8. The van der Waals surface area contributed by atoms with Crippen LogP contribution in [0.5, 0.6) is 0 Å². The highest BCUT2D eigenvalue weighted by Gasteiger charge is 2.51. The summed E-state index contributed by atoms with van der Waals surface area (Å²) in [4.78, 5) is 35.3. The first-order chi connectivity index (χ1) is 11.4. The minimum absolute atomic E-state index is 0.225. The molecule has 3 N–H and O–H groups in total. The lowest BCUT2D eigenvalue weighted by atomic mass is 9.94. The Bertz CT molecular complexity index is 560. The molecule has 0 aliphatic carbocycles. The summed E-state index contributed by atoms with van der Waals surface area (Å²) in [6, 6.07) is -1.44. The van der Waals surface area contributed by atoms with Gasteiger partial charge in [0.15, 0.2) is 6.10 Å². The van der Waals surface area contributed by atoms with E-state index in [1.54, 1.807) is 0 Å². The van der Waals surface area contributed by atoms with Crippen LogP contribution < -0.4 is 11.1 Å². The van der Waals surface area contributed by atoms with Gasteiger partial charge in [0.25, 0.3) is 11.8 Å². The van der Waals surface area contributed by atoms with Crippen molar-refractivity contribution in [1.82, 2.24) is 10.2 Å². The average Bonchev–Trinajstić information content (AvgIpc) is 2.85. The van der Waals surface area contributed by atoms with Crippen LogP contribution >= 0.6 is 0 Å². The van der Waals surface area contributed by atoms with Gasteiger partial charge in [0.05, 0.1) is 19.1 Å². The predicted molar refractivity (Wildman–Crippen MR) is 71.2 cm³/mol. The molecule has 0 radical (unpaired) electrons. The molecule has 2 fully saturated rings. The first-order valence-corrected chi connectivity index (χ1v) is 7.38. The second kappa shape index (κ2) is 6.73. The van der Waals surface area contributed by atoms with Crippen molar-refractivity contribution in [1.29, 1.82) is 0 Å². The molecule has 0 spiro atoms. The number of alkyl halides is 5. The molecule has 12 heteroatoms. The summed E-state index contributed by atoms with van der Waals surface area (Å²) in [6.45, 7) is -1.65. The lowest BCUT2D eigenvalue weighted by Crippen LogP contribution is -2.63. The van der Waals surface area contributed by atoms with Crippen molar-refractivity contribution in [2.24, 2.45) is 11.7 Å². The number of esters is 1. The van der Waals surface area contributed by atoms with Gasteiger partial charge in [-0.2, -0.15) is 13.2 Å². The fourth-order valence-corrected chi connectivity index (χ4v) is 2.67. The van der Waals surface area contributed by atoms with Crippen LogP contribution in [0.1, 0.15) is 12.8 Å². The van der Waals surface area contributed by atoms with E-state index in [1.165, 1.54) is 0 Å². The molecular weight excluding hydrogens is 357 g/mol. The minimum atomic E-state index is -5.37. The van der Waals surface area contributed by atoms with Gasteiger partial charge in [-0.25, -0.2) is 13.6 Å². The molecule has 2 rings (SSSR count). The summed E-state index contributed by atoms with van der Waals surface area (Å²) in [5.74, 6) is -8.09. The third-order valence-electron chi connectivity index (χ3n) is 3.97. The number of nitrogens with two attached hydrogens (primary N) is 1. The zero-order valence-electron chi connectivity index (χ0n) is 12.8. The van der Waals surface area contributed by atoms with Gasteiger partial charge >= 0.3 is 12.1 Å². The number of carbonyl (C=O) groups is 3. The summed E-state index contributed by atoms with van der Waals surface area (Å²) in [5, 5.41) is 2.49. The third kappa shape index (κ3) is 4.55.